The van der Waals surface area contributed by atoms with Crippen LogP contribution in [0.1, 0.15) is 18.4 Å². The monoisotopic (exact) mass is 202 g/mol. The number of hydrogen-bond donors (Lipinski definition) is 1. The van der Waals surface area contributed by atoms with E-state index in [4.69, 9.17) is 0 Å². The van der Waals surface area contributed by atoms with Crippen molar-refractivity contribution in [3.05, 3.63) is 23.8 Å². The Labute approximate surface area is 89.1 Å². The molecule has 1 fully saturated rings. The van der Waals surface area contributed by atoms with E-state index in [9.17, 15) is 4.79 Å². The SMILES string of the molecule is Cc1cccc2c1NC(=O)C1CCCN21. The third-order valence-corrected chi connectivity index (χ3v) is 3.36. The van der Waals surface area contributed by atoms with Gasteiger partial charge in [0.2, 0.25) is 5.91 Å². The van der Waals surface area contributed by atoms with Crippen LogP contribution in [0.4, 0.5) is 11.4 Å². The van der Waals surface area contributed by atoms with Crippen molar-refractivity contribution in [2.75, 3.05) is 16.8 Å². The van der Waals surface area contributed by atoms with Gasteiger partial charge in [-0.3, -0.25) is 4.79 Å². The third-order valence-electron chi connectivity index (χ3n) is 3.36. The second kappa shape index (κ2) is 2.99. The fraction of sp³-hybridized carbons (Fsp3) is 0.417. The maximum absolute atomic E-state index is 11.8. The van der Waals surface area contributed by atoms with Crippen molar-refractivity contribution >= 4 is 17.3 Å². The predicted molar refractivity (Wildman–Crippen MR) is 60.2 cm³/mol. The van der Waals surface area contributed by atoms with Crippen LogP contribution in [0.15, 0.2) is 18.2 Å². The van der Waals surface area contributed by atoms with Gasteiger partial charge in [0.1, 0.15) is 6.04 Å². The molecule has 1 unspecified atom stereocenters. The van der Waals surface area contributed by atoms with Gasteiger partial charge >= 0.3 is 0 Å². The van der Waals surface area contributed by atoms with Gasteiger partial charge in [-0.1, -0.05) is 12.1 Å². The molecule has 0 radical (unpaired) electrons. The normalized spacial score (nSPS) is 23.4. The van der Waals surface area contributed by atoms with E-state index < -0.39 is 0 Å². The Kier molecular flexibility index (Phi) is 1.75. The Morgan fingerprint density at radius 3 is 3.20 bits per heavy atom. The molecule has 15 heavy (non-hydrogen) atoms. The average molecular weight is 202 g/mol. The van der Waals surface area contributed by atoms with Gasteiger partial charge in [-0.05, 0) is 31.4 Å². The summed E-state index contributed by atoms with van der Waals surface area (Å²) in [4.78, 5) is 14.1. The third kappa shape index (κ3) is 1.16. The minimum Gasteiger partial charge on any atom is -0.358 e. The first-order valence-corrected chi connectivity index (χ1v) is 5.44. The Balaban J connectivity index is 2.15. The first-order chi connectivity index (χ1) is 7.27. The summed E-state index contributed by atoms with van der Waals surface area (Å²) in [5.41, 5.74) is 3.34. The number of nitrogens with zero attached hydrogens (tertiary/aromatic N) is 1. The summed E-state index contributed by atoms with van der Waals surface area (Å²) in [6.45, 7) is 3.05. The smallest absolute Gasteiger partial charge is 0.247 e. The van der Waals surface area contributed by atoms with Gasteiger partial charge in [-0.15, -0.1) is 0 Å². The molecule has 1 atom stereocenters. The summed E-state index contributed by atoms with van der Waals surface area (Å²) in [7, 11) is 0. The molecule has 0 saturated carbocycles. The zero-order valence-electron chi connectivity index (χ0n) is 8.79. The fourth-order valence-electron chi connectivity index (χ4n) is 2.59. The largest absolute Gasteiger partial charge is 0.358 e. The molecule has 3 heteroatoms. The van der Waals surface area contributed by atoms with Gasteiger partial charge in [0, 0.05) is 6.54 Å². The van der Waals surface area contributed by atoms with Crippen LogP contribution in [-0.4, -0.2) is 18.5 Å². The van der Waals surface area contributed by atoms with Gasteiger partial charge in [0.05, 0.1) is 11.4 Å². The number of hydrogen-bond acceptors (Lipinski definition) is 2. The first kappa shape index (κ1) is 8.77. The zero-order chi connectivity index (χ0) is 10.4. The molecule has 1 amide bonds. The van der Waals surface area contributed by atoms with Crippen molar-refractivity contribution in [1.82, 2.24) is 0 Å². The lowest BCUT2D eigenvalue weighted by Crippen LogP contribution is -2.44. The second-order valence-corrected chi connectivity index (χ2v) is 4.31. The van der Waals surface area contributed by atoms with Crippen LogP contribution in [0.25, 0.3) is 0 Å². The summed E-state index contributed by atoms with van der Waals surface area (Å²) in [5.74, 6) is 0.161. The maximum atomic E-state index is 11.8. The van der Waals surface area contributed by atoms with Crippen molar-refractivity contribution in [1.29, 1.82) is 0 Å². The van der Waals surface area contributed by atoms with E-state index in [1.54, 1.807) is 0 Å². The van der Waals surface area contributed by atoms with Crippen LogP contribution in [-0.2, 0) is 4.79 Å². The molecule has 3 nitrogen and oxygen atoms in total. The lowest BCUT2D eigenvalue weighted by atomic mass is 10.1. The van der Waals surface area contributed by atoms with Crippen LogP contribution in [0.2, 0.25) is 0 Å². The van der Waals surface area contributed by atoms with Crippen LogP contribution < -0.4 is 10.2 Å². The molecule has 0 aliphatic carbocycles. The highest BCUT2D eigenvalue weighted by molar-refractivity contribution is 6.04. The fourth-order valence-corrected chi connectivity index (χ4v) is 2.59. The number of rotatable bonds is 0. The molecule has 0 spiro atoms. The molecule has 1 aromatic carbocycles. The number of fused-ring (bicyclic) bond motifs is 3. The number of anilines is 2. The minimum absolute atomic E-state index is 0.0688. The number of nitrogens with one attached hydrogen (secondary N) is 1. The number of aryl methyl sites for hydroxylation is 1. The quantitative estimate of drug-likeness (QED) is 0.697. The molecule has 0 aromatic heterocycles. The molecule has 2 heterocycles. The van der Waals surface area contributed by atoms with Crippen LogP contribution in [0, 0.1) is 6.92 Å². The first-order valence-electron chi connectivity index (χ1n) is 5.44. The predicted octanol–water partition coefficient (Wildman–Crippen LogP) is 1.92. The van der Waals surface area contributed by atoms with Gasteiger partial charge in [-0.2, -0.15) is 0 Å². The van der Waals surface area contributed by atoms with Crippen LogP contribution in [0.3, 0.4) is 0 Å². The summed E-state index contributed by atoms with van der Waals surface area (Å²) in [6, 6.07) is 6.26. The standard InChI is InChI=1S/C12H14N2O/c1-8-4-2-5-9-11(8)13-12(15)10-6-3-7-14(9)10/h2,4-5,10H,3,6-7H2,1H3,(H,13,15). The summed E-state index contributed by atoms with van der Waals surface area (Å²) in [6.07, 6.45) is 2.10. The molecule has 1 saturated heterocycles. The number of amides is 1. The van der Waals surface area contributed by atoms with Crippen LogP contribution >= 0.6 is 0 Å². The number of benzene rings is 1. The van der Waals surface area contributed by atoms with Gasteiger partial charge in [0.25, 0.3) is 0 Å². The molecule has 1 aromatic rings. The lowest BCUT2D eigenvalue weighted by Gasteiger charge is -2.33. The summed E-state index contributed by atoms with van der Waals surface area (Å²) < 4.78 is 0. The van der Waals surface area contributed by atoms with Gasteiger partial charge in [0.15, 0.2) is 0 Å². The van der Waals surface area contributed by atoms with Crippen molar-refractivity contribution in [2.24, 2.45) is 0 Å². The van der Waals surface area contributed by atoms with E-state index in [1.807, 2.05) is 13.0 Å². The lowest BCUT2D eigenvalue weighted by molar-refractivity contribution is -0.117. The van der Waals surface area contributed by atoms with Gasteiger partial charge in [-0.25, -0.2) is 0 Å². The van der Waals surface area contributed by atoms with Crippen molar-refractivity contribution in [2.45, 2.75) is 25.8 Å². The van der Waals surface area contributed by atoms with E-state index >= 15 is 0 Å². The molecular formula is C12H14N2O. The summed E-state index contributed by atoms with van der Waals surface area (Å²) in [5, 5.41) is 3.02. The molecule has 3 rings (SSSR count). The molecule has 78 valence electrons. The minimum atomic E-state index is 0.0688. The Hall–Kier alpha value is -1.51. The van der Waals surface area contributed by atoms with Gasteiger partial charge < -0.3 is 10.2 Å². The van der Waals surface area contributed by atoms with E-state index in [2.05, 4.69) is 22.3 Å². The maximum Gasteiger partial charge on any atom is 0.247 e. The van der Waals surface area contributed by atoms with Crippen molar-refractivity contribution < 1.29 is 4.79 Å². The Morgan fingerprint density at radius 1 is 1.47 bits per heavy atom. The second-order valence-electron chi connectivity index (χ2n) is 4.31. The number of carbonyl (C=O) groups is 1. The highest BCUT2D eigenvalue weighted by Gasteiger charge is 2.36. The highest BCUT2D eigenvalue weighted by Crippen LogP contribution is 2.38. The average Bonchev–Trinajstić information content (AvgIpc) is 2.69. The van der Waals surface area contributed by atoms with Crippen LogP contribution in [0.5, 0.6) is 0 Å². The Morgan fingerprint density at radius 2 is 2.33 bits per heavy atom. The molecule has 0 bridgehead atoms. The zero-order valence-corrected chi connectivity index (χ0v) is 8.79. The van der Waals surface area contributed by atoms with Crippen molar-refractivity contribution in [3.63, 3.8) is 0 Å². The van der Waals surface area contributed by atoms with E-state index in [0.29, 0.717) is 0 Å². The molecule has 2 aliphatic heterocycles. The molecule has 2 aliphatic rings. The van der Waals surface area contributed by atoms with Crippen molar-refractivity contribution in [3.8, 4) is 0 Å². The summed E-state index contributed by atoms with van der Waals surface area (Å²) >= 11 is 0. The van der Waals surface area contributed by atoms with E-state index in [-0.39, 0.29) is 11.9 Å². The molecular weight excluding hydrogens is 188 g/mol. The highest BCUT2D eigenvalue weighted by atomic mass is 16.2. The number of carbonyl (C=O) groups excluding carboxylic acids is 1. The molecule has 1 N–H and O–H groups in total. The topological polar surface area (TPSA) is 32.3 Å². The number of para-hydroxylation sites is 1. The Bertz CT molecular complexity index is 428. The van der Waals surface area contributed by atoms with E-state index in [1.165, 1.54) is 5.69 Å². The van der Waals surface area contributed by atoms with E-state index in [0.717, 1.165) is 30.6 Å².